The molecular formula is C13H21N5O2S. The standard InChI is InChI=1S/C13H21N5O2S/c1-10-15-13(17-16-10)21-8-6-14-11(19)9-18-7-4-2-3-5-12(18)20/h2-9H2,1H3,(H,14,19)(H,15,16,17). The van der Waals surface area contributed by atoms with Crippen molar-refractivity contribution >= 4 is 23.6 Å². The van der Waals surface area contributed by atoms with Gasteiger partial charge >= 0.3 is 0 Å². The fraction of sp³-hybridized carbons (Fsp3) is 0.692. The molecule has 1 aromatic heterocycles. The van der Waals surface area contributed by atoms with Crippen LogP contribution in [0.25, 0.3) is 0 Å². The number of hydrogen-bond donors (Lipinski definition) is 2. The van der Waals surface area contributed by atoms with Gasteiger partial charge in [-0.15, -0.1) is 5.10 Å². The van der Waals surface area contributed by atoms with E-state index in [1.807, 2.05) is 6.92 Å². The molecule has 1 saturated heterocycles. The van der Waals surface area contributed by atoms with E-state index < -0.39 is 0 Å². The molecule has 2 amide bonds. The van der Waals surface area contributed by atoms with Gasteiger partial charge in [0.1, 0.15) is 5.82 Å². The van der Waals surface area contributed by atoms with Gasteiger partial charge in [0.15, 0.2) is 0 Å². The molecule has 116 valence electrons. The minimum atomic E-state index is -0.1000. The minimum Gasteiger partial charge on any atom is -0.354 e. The lowest BCUT2D eigenvalue weighted by Crippen LogP contribution is -2.41. The lowest BCUT2D eigenvalue weighted by atomic mass is 10.2. The Bertz CT molecular complexity index is 491. The van der Waals surface area contributed by atoms with Crippen molar-refractivity contribution in [2.45, 2.75) is 37.8 Å². The second-order valence-electron chi connectivity index (χ2n) is 5.03. The lowest BCUT2D eigenvalue weighted by molar-refractivity contribution is -0.135. The van der Waals surface area contributed by atoms with E-state index in [4.69, 9.17) is 0 Å². The number of amides is 2. The molecule has 0 spiro atoms. The number of carbonyl (C=O) groups excluding carboxylic acids is 2. The first-order chi connectivity index (χ1) is 10.1. The summed E-state index contributed by atoms with van der Waals surface area (Å²) in [5, 5.41) is 10.3. The highest BCUT2D eigenvalue weighted by Gasteiger charge is 2.18. The molecule has 0 bridgehead atoms. The normalized spacial score (nSPS) is 15.9. The summed E-state index contributed by atoms with van der Waals surface area (Å²) in [7, 11) is 0. The maximum atomic E-state index is 11.8. The predicted octanol–water partition coefficient (Wildman–Crippen LogP) is 0.724. The van der Waals surface area contributed by atoms with Crippen molar-refractivity contribution in [3.63, 3.8) is 0 Å². The molecule has 1 aromatic rings. The van der Waals surface area contributed by atoms with E-state index in [0.717, 1.165) is 25.1 Å². The zero-order valence-corrected chi connectivity index (χ0v) is 13.0. The largest absolute Gasteiger partial charge is 0.354 e. The molecule has 2 heterocycles. The number of aromatic amines is 1. The smallest absolute Gasteiger partial charge is 0.239 e. The number of carbonyl (C=O) groups is 2. The Balaban J connectivity index is 1.63. The summed E-state index contributed by atoms with van der Waals surface area (Å²) in [4.78, 5) is 29.5. The summed E-state index contributed by atoms with van der Waals surface area (Å²) in [6, 6.07) is 0. The van der Waals surface area contributed by atoms with Crippen LogP contribution >= 0.6 is 11.8 Å². The highest BCUT2D eigenvalue weighted by atomic mass is 32.2. The number of nitrogens with zero attached hydrogens (tertiary/aromatic N) is 3. The van der Waals surface area contributed by atoms with Crippen molar-refractivity contribution < 1.29 is 9.59 Å². The number of aryl methyl sites for hydroxylation is 1. The van der Waals surface area contributed by atoms with Crippen molar-refractivity contribution in [2.75, 3.05) is 25.4 Å². The van der Waals surface area contributed by atoms with Crippen LogP contribution in [-0.2, 0) is 9.59 Å². The Morgan fingerprint density at radius 1 is 1.43 bits per heavy atom. The third-order valence-electron chi connectivity index (χ3n) is 3.24. The van der Waals surface area contributed by atoms with Gasteiger partial charge < -0.3 is 10.2 Å². The van der Waals surface area contributed by atoms with Crippen LogP contribution in [0.3, 0.4) is 0 Å². The van der Waals surface area contributed by atoms with Gasteiger partial charge in [0.2, 0.25) is 17.0 Å². The van der Waals surface area contributed by atoms with E-state index in [-0.39, 0.29) is 18.4 Å². The maximum Gasteiger partial charge on any atom is 0.239 e. The minimum absolute atomic E-state index is 0.0909. The molecule has 21 heavy (non-hydrogen) atoms. The second kappa shape index (κ2) is 8.02. The predicted molar refractivity (Wildman–Crippen MR) is 79.9 cm³/mol. The van der Waals surface area contributed by atoms with Crippen molar-refractivity contribution in [3.05, 3.63) is 5.82 Å². The molecule has 1 aliphatic heterocycles. The van der Waals surface area contributed by atoms with Crippen LogP contribution in [0, 0.1) is 6.92 Å². The summed E-state index contributed by atoms with van der Waals surface area (Å²) in [5.74, 6) is 1.48. The lowest BCUT2D eigenvalue weighted by Gasteiger charge is -2.19. The summed E-state index contributed by atoms with van der Waals surface area (Å²) in [6.07, 6.45) is 3.55. The maximum absolute atomic E-state index is 11.8. The van der Waals surface area contributed by atoms with E-state index in [1.54, 1.807) is 4.90 Å². The summed E-state index contributed by atoms with van der Waals surface area (Å²) >= 11 is 1.48. The molecule has 0 unspecified atom stereocenters. The Kier molecular flexibility index (Phi) is 6.04. The Labute approximate surface area is 128 Å². The quantitative estimate of drug-likeness (QED) is 0.597. The number of rotatable bonds is 6. The van der Waals surface area contributed by atoms with Gasteiger partial charge in [0.05, 0.1) is 6.54 Å². The molecule has 1 aliphatic rings. The van der Waals surface area contributed by atoms with E-state index in [1.165, 1.54) is 11.8 Å². The summed E-state index contributed by atoms with van der Waals surface area (Å²) < 4.78 is 0. The number of H-pyrrole nitrogens is 1. The number of likely N-dealkylation sites (tertiary alicyclic amines) is 1. The molecule has 0 saturated carbocycles. The molecule has 0 aliphatic carbocycles. The highest BCUT2D eigenvalue weighted by molar-refractivity contribution is 7.99. The van der Waals surface area contributed by atoms with Crippen LogP contribution in [0.5, 0.6) is 0 Å². The molecule has 0 radical (unpaired) electrons. The highest BCUT2D eigenvalue weighted by Crippen LogP contribution is 2.11. The van der Waals surface area contributed by atoms with Crippen LogP contribution < -0.4 is 5.32 Å². The Hall–Kier alpha value is -1.57. The van der Waals surface area contributed by atoms with Gasteiger partial charge in [0, 0.05) is 25.3 Å². The molecule has 2 N–H and O–H groups in total. The van der Waals surface area contributed by atoms with Crippen LogP contribution in [0.15, 0.2) is 5.16 Å². The van der Waals surface area contributed by atoms with Crippen LogP contribution in [0.4, 0.5) is 0 Å². The SMILES string of the molecule is Cc1nc(SCCNC(=O)CN2CCCCCC2=O)n[nH]1. The molecule has 7 nitrogen and oxygen atoms in total. The third kappa shape index (κ3) is 5.37. The molecule has 1 fully saturated rings. The number of nitrogens with one attached hydrogen (secondary N) is 2. The van der Waals surface area contributed by atoms with Crippen molar-refractivity contribution in [3.8, 4) is 0 Å². The van der Waals surface area contributed by atoms with Crippen molar-refractivity contribution in [1.82, 2.24) is 25.4 Å². The van der Waals surface area contributed by atoms with Crippen molar-refractivity contribution in [2.24, 2.45) is 0 Å². The number of aromatic nitrogens is 3. The number of hydrogen-bond acceptors (Lipinski definition) is 5. The molecular weight excluding hydrogens is 290 g/mol. The first kappa shape index (κ1) is 15.8. The van der Waals surface area contributed by atoms with Crippen molar-refractivity contribution in [1.29, 1.82) is 0 Å². The van der Waals surface area contributed by atoms with E-state index in [0.29, 0.717) is 30.4 Å². The molecule has 0 aromatic carbocycles. The first-order valence-electron chi connectivity index (χ1n) is 7.21. The monoisotopic (exact) mass is 311 g/mol. The van der Waals surface area contributed by atoms with Crippen LogP contribution in [-0.4, -0.2) is 57.3 Å². The van der Waals surface area contributed by atoms with Gasteiger partial charge in [-0.2, -0.15) is 0 Å². The Morgan fingerprint density at radius 2 is 2.29 bits per heavy atom. The third-order valence-corrected chi connectivity index (χ3v) is 4.09. The average molecular weight is 311 g/mol. The van der Waals surface area contributed by atoms with E-state index in [2.05, 4.69) is 20.5 Å². The van der Waals surface area contributed by atoms with Gasteiger partial charge in [0.25, 0.3) is 0 Å². The number of thioether (sulfide) groups is 1. The topological polar surface area (TPSA) is 91.0 Å². The molecule has 8 heteroatoms. The zero-order valence-electron chi connectivity index (χ0n) is 12.2. The fourth-order valence-electron chi connectivity index (χ4n) is 2.15. The van der Waals surface area contributed by atoms with Crippen LogP contribution in [0.1, 0.15) is 31.5 Å². The van der Waals surface area contributed by atoms with Gasteiger partial charge in [-0.05, 0) is 19.8 Å². The molecule has 2 rings (SSSR count). The Morgan fingerprint density at radius 3 is 3.05 bits per heavy atom. The van der Waals surface area contributed by atoms with Gasteiger partial charge in [-0.1, -0.05) is 18.2 Å². The van der Waals surface area contributed by atoms with E-state index in [9.17, 15) is 9.59 Å². The fourth-order valence-corrected chi connectivity index (χ4v) is 2.85. The van der Waals surface area contributed by atoms with E-state index >= 15 is 0 Å². The zero-order chi connectivity index (χ0) is 15.1. The molecule has 0 atom stereocenters. The summed E-state index contributed by atoms with van der Waals surface area (Å²) in [5.41, 5.74) is 0. The first-order valence-corrected chi connectivity index (χ1v) is 8.20. The van der Waals surface area contributed by atoms with Crippen LogP contribution in [0.2, 0.25) is 0 Å². The van der Waals surface area contributed by atoms with Gasteiger partial charge in [-0.25, -0.2) is 4.98 Å². The van der Waals surface area contributed by atoms with Gasteiger partial charge in [-0.3, -0.25) is 14.7 Å². The second-order valence-corrected chi connectivity index (χ2v) is 6.09. The summed E-state index contributed by atoms with van der Waals surface area (Å²) in [6.45, 7) is 3.25. The average Bonchev–Trinajstić information content (AvgIpc) is 2.76.